The van der Waals surface area contributed by atoms with Crippen molar-refractivity contribution in [2.45, 2.75) is 25.2 Å². The Kier molecular flexibility index (Phi) is 9.37. The number of carbonyl (C=O) groups excluding carboxylic acids is 1. The summed E-state index contributed by atoms with van der Waals surface area (Å²) in [6.07, 6.45) is 1.03. The highest BCUT2D eigenvalue weighted by molar-refractivity contribution is 7.92. The zero-order valence-electron chi connectivity index (χ0n) is 15.8. The Hall–Kier alpha value is -2.16. The van der Waals surface area contributed by atoms with Crippen molar-refractivity contribution in [2.24, 2.45) is 0 Å². The minimum atomic E-state index is -3.84. The smallest absolute Gasteiger partial charge is 0.262 e. The first-order valence-electron chi connectivity index (χ1n) is 8.71. The lowest BCUT2D eigenvalue weighted by molar-refractivity contribution is 0.0954. The lowest BCUT2D eigenvalue weighted by atomic mass is 10.2. The summed E-state index contributed by atoms with van der Waals surface area (Å²) in [4.78, 5) is 12.1. The maximum Gasteiger partial charge on any atom is 0.262 e. The van der Waals surface area contributed by atoms with Crippen molar-refractivity contribution in [2.75, 3.05) is 24.4 Å². The third kappa shape index (κ3) is 6.78. The Labute approximate surface area is 171 Å². The van der Waals surface area contributed by atoms with Gasteiger partial charge in [-0.15, -0.1) is 12.4 Å². The Morgan fingerprint density at radius 2 is 1.71 bits per heavy atom. The fraction of sp³-hybridized carbons (Fsp3) is 0.316. The van der Waals surface area contributed by atoms with E-state index < -0.39 is 15.8 Å². The van der Waals surface area contributed by atoms with E-state index in [4.69, 9.17) is 0 Å². The zero-order chi connectivity index (χ0) is 19.9. The lowest BCUT2D eigenvalue weighted by Crippen LogP contribution is -2.32. The molecule has 2 aromatic rings. The van der Waals surface area contributed by atoms with Gasteiger partial charge < -0.3 is 10.6 Å². The summed E-state index contributed by atoms with van der Waals surface area (Å²) >= 11 is 0. The van der Waals surface area contributed by atoms with Crippen LogP contribution in [0.2, 0.25) is 0 Å². The van der Waals surface area contributed by atoms with Gasteiger partial charge in [0.05, 0.1) is 4.90 Å². The van der Waals surface area contributed by atoms with E-state index >= 15 is 0 Å². The van der Waals surface area contributed by atoms with Crippen LogP contribution < -0.4 is 15.4 Å². The molecule has 0 radical (unpaired) electrons. The normalized spacial score (nSPS) is 10.8. The molecule has 2 rings (SSSR count). The number of carbonyl (C=O) groups is 1. The first-order valence-corrected chi connectivity index (χ1v) is 10.2. The average Bonchev–Trinajstić information content (AvgIpc) is 2.61. The molecule has 2 aromatic carbocycles. The van der Waals surface area contributed by atoms with Gasteiger partial charge in [-0.3, -0.25) is 9.52 Å². The number of hydrogen-bond donors (Lipinski definition) is 3. The van der Waals surface area contributed by atoms with Crippen molar-refractivity contribution in [1.29, 1.82) is 0 Å². The highest BCUT2D eigenvalue weighted by Crippen LogP contribution is 2.20. The van der Waals surface area contributed by atoms with Crippen LogP contribution >= 0.6 is 12.4 Å². The molecule has 28 heavy (non-hydrogen) atoms. The second-order valence-electron chi connectivity index (χ2n) is 6.10. The number of aryl methyl sites for hydroxylation is 1. The quantitative estimate of drug-likeness (QED) is 0.534. The molecular formula is C19H25ClFN3O3S. The van der Waals surface area contributed by atoms with E-state index in [0.29, 0.717) is 29.9 Å². The van der Waals surface area contributed by atoms with Gasteiger partial charge in [-0.2, -0.15) is 0 Å². The summed E-state index contributed by atoms with van der Waals surface area (Å²) in [5.74, 6) is -0.719. The van der Waals surface area contributed by atoms with Crippen LogP contribution in [0.1, 0.15) is 29.3 Å². The highest BCUT2D eigenvalue weighted by atomic mass is 35.5. The van der Waals surface area contributed by atoms with Crippen molar-refractivity contribution in [1.82, 2.24) is 10.6 Å². The van der Waals surface area contributed by atoms with Crippen molar-refractivity contribution in [3.8, 4) is 0 Å². The first-order chi connectivity index (χ1) is 12.8. The molecule has 0 fully saturated rings. The van der Waals surface area contributed by atoms with E-state index in [1.54, 1.807) is 12.1 Å². The van der Waals surface area contributed by atoms with Gasteiger partial charge in [0.15, 0.2) is 0 Å². The third-order valence-electron chi connectivity index (χ3n) is 3.84. The van der Waals surface area contributed by atoms with Crippen LogP contribution in [0, 0.1) is 12.7 Å². The second-order valence-corrected chi connectivity index (χ2v) is 7.75. The lowest BCUT2D eigenvalue weighted by Gasteiger charge is -2.11. The summed E-state index contributed by atoms with van der Waals surface area (Å²) < 4.78 is 40.5. The molecule has 0 saturated heterocycles. The van der Waals surface area contributed by atoms with Crippen LogP contribution in [0.25, 0.3) is 0 Å². The van der Waals surface area contributed by atoms with Gasteiger partial charge in [0.2, 0.25) is 0 Å². The van der Waals surface area contributed by atoms with Gasteiger partial charge in [-0.05, 0) is 67.9 Å². The van der Waals surface area contributed by atoms with Gasteiger partial charge in [0.25, 0.3) is 15.9 Å². The predicted octanol–water partition coefficient (Wildman–Crippen LogP) is 3.09. The predicted molar refractivity (Wildman–Crippen MR) is 111 cm³/mol. The number of anilines is 1. The number of halogens is 2. The van der Waals surface area contributed by atoms with Crippen LogP contribution in [0.4, 0.5) is 10.1 Å². The minimum Gasteiger partial charge on any atom is -0.351 e. The average molecular weight is 430 g/mol. The van der Waals surface area contributed by atoms with E-state index in [1.807, 2.05) is 0 Å². The zero-order valence-corrected chi connectivity index (χ0v) is 17.4. The van der Waals surface area contributed by atoms with Crippen LogP contribution in [-0.2, 0) is 10.0 Å². The fourth-order valence-electron chi connectivity index (χ4n) is 2.48. The molecular weight excluding hydrogens is 405 g/mol. The summed E-state index contributed by atoms with van der Waals surface area (Å²) in [5, 5.41) is 5.97. The third-order valence-corrected chi connectivity index (χ3v) is 5.38. The second kappa shape index (κ2) is 11.0. The van der Waals surface area contributed by atoms with Gasteiger partial charge in [-0.25, -0.2) is 12.8 Å². The van der Waals surface area contributed by atoms with Gasteiger partial charge in [0.1, 0.15) is 5.82 Å². The molecule has 9 heteroatoms. The van der Waals surface area contributed by atoms with E-state index in [2.05, 4.69) is 22.3 Å². The molecule has 0 aromatic heterocycles. The SMILES string of the molecule is CCCNCCNC(=O)c1ccc(NS(=O)(=O)c2ccc(F)cc2C)cc1.Cl. The highest BCUT2D eigenvalue weighted by Gasteiger charge is 2.17. The minimum absolute atomic E-state index is 0. The van der Waals surface area contributed by atoms with Crippen LogP contribution in [0.15, 0.2) is 47.4 Å². The van der Waals surface area contributed by atoms with Crippen LogP contribution in [0.5, 0.6) is 0 Å². The fourth-order valence-corrected chi connectivity index (χ4v) is 3.77. The molecule has 0 aliphatic rings. The van der Waals surface area contributed by atoms with E-state index in [9.17, 15) is 17.6 Å². The Balaban J connectivity index is 0.00000392. The molecule has 0 aliphatic heterocycles. The maximum absolute atomic E-state index is 13.2. The molecule has 1 amide bonds. The molecule has 0 atom stereocenters. The Morgan fingerprint density at radius 1 is 1.04 bits per heavy atom. The molecule has 3 N–H and O–H groups in total. The number of nitrogens with one attached hydrogen (secondary N) is 3. The molecule has 0 saturated carbocycles. The van der Waals surface area contributed by atoms with Crippen molar-refractivity contribution < 1.29 is 17.6 Å². The Morgan fingerprint density at radius 3 is 2.32 bits per heavy atom. The van der Waals surface area contributed by atoms with E-state index in [1.165, 1.54) is 25.1 Å². The maximum atomic E-state index is 13.2. The van der Waals surface area contributed by atoms with E-state index in [0.717, 1.165) is 25.1 Å². The summed E-state index contributed by atoms with van der Waals surface area (Å²) in [6, 6.07) is 9.61. The van der Waals surface area contributed by atoms with Crippen molar-refractivity contribution in [3.63, 3.8) is 0 Å². The number of benzene rings is 2. The molecule has 0 heterocycles. The first kappa shape index (κ1) is 23.9. The largest absolute Gasteiger partial charge is 0.351 e. The van der Waals surface area contributed by atoms with Crippen molar-refractivity contribution >= 4 is 34.0 Å². The van der Waals surface area contributed by atoms with Crippen LogP contribution in [0.3, 0.4) is 0 Å². The number of amides is 1. The number of hydrogen-bond acceptors (Lipinski definition) is 4. The number of rotatable bonds is 9. The molecule has 0 spiro atoms. The summed E-state index contributed by atoms with van der Waals surface area (Å²) in [5.41, 5.74) is 1.07. The topological polar surface area (TPSA) is 87.3 Å². The molecule has 0 bridgehead atoms. The molecule has 0 aliphatic carbocycles. The van der Waals surface area contributed by atoms with Crippen LogP contribution in [-0.4, -0.2) is 34.0 Å². The number of sulfonamides is 1. The molecule has 154 valence electrons. The Bertz CT molecular complexity index is 890. The van der Waals surface area contributed by atoms with Gasteiger partial charge in [0, 0.05) is 24.3 Å². The molecule has 0 unspecified atom stereocenters. The van der Waals surface area contributed by atoms with Crippen molar-refractivity contribution in [3.05, 3.63) is 59.4 Å². The monoisotopic (exact) mass is 429 g/mol. The van der Waals surface area contributed by atoms with Gasteiger partial charge in [-0.1, -0.05) is 6.92 Å². The standard InChI is InChI=1S/C19H24FN3O3S.ClH/c1-3-10-21-11-12-22-19(24)15-4-7-17(8-5-15)23-27(25,26)18-9-6-16(20)13-14(18)2;/h4-9,13,21,23H,3,10-12H2,1-2H3,(H,22,24);1H. The van der Waals surface area contributed by atoms with Gasteiger partial charge >= 0.3 is 0 Å². The molecule has 6 nitrogen and oxygen atoms in total. The summed E-state index contributed by atoms with van der Waals surface area (Å²) in [6.45, 7) is 5.70. The van der Waals surface area contributed by atoms with E-state index in [-0.39, 0.29) is 23.2 Å². The summed E-state index contributed by atoms with van der Waals surface area (Å²) in [7, 11) is -3.84.